The van der Waals surface area contributed by atoms with Crippen molar-refractivity contribution in [3.63, 3.8) is 0 Å². The van der Waals surface area contributed by atoms with Gasteiger partial charge < -0.3 is 65.0 Å². The van der Waals surface area contributed by atoms with E-state index in [9.17, 15) is 48.6 Å². The number of nitrogens with two attached hydrogens (primary N) is 4. The lowest BCUT2D eigenvalue weighted by Gasteiger charge is -2.28. The Bertz CT molecular complexity index is 1330. The lowest BCUT2D eigenvalue weighted by molar-refractivity contribution is -0.142. The molecular weight excluding hydrogens is 727 g/mol. The summed E-state index contributed by atoms with van der Waals surface area (Å²) in [5.74, 6) is -8.39. The number of hydrogen-bond donors (Lipinski definition) is 12. The molecule has 294 valence electrons. The summed E-state index contributed by atoms with van der Waals surface area (Å²) < 4.78 is 0. The Morgan fingerprint density at radius 3 is 1.90 bits per heavy atom. The molecule has 0 aromatic heterocycles. The van der Waals surface area contributed by atoms with Crippen molar-refractivity contribution >= 4 is 74.9 Å². The third kappa shape index (κ3) is 16.8. The Kier molecular flexibility index (Phi) is 19.8. The fourth-order valence-corrected chi connectivity index (χ4v) is 6.81. The minimum absolute atomic E-state index is 0.00192. The highest BCUT2D eigenvalue weighted by Crippen LogP contribution is 2.23. The van der Waals surface area contributed by atoms with Crippen LogP contribution in [0.1, 0.15) is 53.4 Å². The summed E-state index contributed by atoms with van der Waals surface area (Å²) in [6, 6.07) is -9.79. The van der Waals surface area contributed by atoms with Crippen LogP contribution in [0.3, 0.4) is 0 Å². The van der Waals surface area contributed by atoms with E-state index in [-0.39, 0.29) is 49.2 Å². The summed E-state index contributed by atoms with van der Waals surface area (Å²) in [6.45, 7) is 6.02. The molecule has 1 rings (SSSR count). The average molecular weight is 778 g/mol. The van der Waals surface area contributed by atoms with Crippen molar-refractivity contribution in [3.8, 4) is 0 Å². The number of guanidine groups is 1. The highest BCUT2D eigenvalue weighted by molar-refractivity contribution is 8.76. The number of carboxylic acid groups (broad SMARTS) is 1. The zero-order chi connectivity index (χ0) is 39.7. The average Bonchev–Trinajstić information content (AvgIpc) is 3.03. The monoisotopic (exact) mass is 777 g/mol. The molecule has 1 aliphatic rings. The van der Waals surface area contributed by atoms with Crippen molar-refractivity contribution in [1.82, 2.24) is 31.9 Å². The largest absolute Gasteiger partial charge is 0.481 e. The number of aliphatic hydroxyl groups excluding tert-OH is 1. The molecule has 8 atom stereocenters. The van der Waals surface area contributed by atoms with Gasteiger partial charge in [-0.3, -0.25) is 43.3 Å². The molecule has 7 amide bonds. The predicted octanol–water partition coefficient (Wildman–Crippen LogP) is -4.92. The van der Waals surface area contributed by atoms with Gasteiger partial charge in [0.1, 0.15) is 36.3 Å². The minimum Gasteiger partial charge on any atom is -0.481 e. The van der Waals surface area contributed by atoms with Crippen molar-refractivity contribution in [3.05, 3.63) is 0 Å². The molecule has 21 nitrogen and oxygen atoms in total. The molecule has 1 heterocycles. The number of nitrogens with zero attached hydrogens (tertiary/aromatic N) is 1. The second kappa shape index (κ2) is 22.6. The van der Waals surface area contributed by atoms with Crippen molar-refractivity contribution in [2.75, 3.05) is 18.1 Å². The van der Waals surface area contributed by atoms with Crippen LogP contribution in [0.25, 0.3) is 0 Å². The second-order valence-corrected chi connectivity index (χ2v) is 15.0. The van der Waals surface area contributed by atoms with Gasteiger partial charge in [0.2, 0.25) is 41.4 Å². The van der Waals surface area contributed by atoms with Gasteiger partial charge in [0.25, 0.3) is 0 Å². The molecule has 0 unspecified atom stereocenters. The smallest absolute Gasteiger partial charge is 0.305 e. The van der Waals surface area contributed by atoms with Crippen LogP contribution in [-0.4, -0.2) is 130 Å². The van der Waals surface area contributed by atoms with Gasteiger partial charge in [0, 0.05) is 18.1 Å². The van der Waals surface area contributed by atoms with E-state index in [1.807, 2.05) is 0 Å². The maximum Gasteiger partial charge on any atom is 0.305 e. The van der Waals surface area contributed by atoms with Crippen LogP contribution in [0, 0.1) is 5.92 Å². The normalized spacial score (nSPS) is 27.1. The Labute approximate surface area is 308 Å². The highest BCUT2D eigenvalue weighted by Gasteiger charge is 2.35. The molecular formula is C29H51N11O10S2. The third-order valence-electron chi connectivity index (χ3n) is 7.31. The minimum atomic E-state index is -1.80. The number of nitrogens with one attached hydrogen (secondary N) is 6. The molecule has 1 fully saturated rings. The topological polar surface area (TPSA) is 366 Å². The number of rotatable bonds is 10. The third-order valence-corrected chi connectivity index (χ3v) is 9.75. The summed E-state index contributed by atoms with van der Waals surface area (Å²) in [7, 11) is 2.15. The number of amides is 7. The number of carboxylic acids is 1. The summed E-state index contributed by atoms with van der Waals surface area (Å²) in [6.07, 6.45) is -2.25. The first-order valence-electron chi connectivity index (χ1n) is 16.3. The van der Waals surface area contributed by atoms with Crippen molar-refractivity contribution < 1.29 is 48.6 Å². The summed E-state index contributed by atoms with van der Waals surface area (Å²) >= 11 is 0. The van der Waals surface area contributed by atoms with Crippen molar-refractivity contribution in [2.45, 2.75) is 102 Å². The standard InChI is InChI=1S/C29H51N11O10S2/c1-12(2)8-17-26(48)39-19(22(31)44)11-52-51-10-15(30)24(46)36-16(6-5-7-34-29(32)33)25(47)35-13(3)23(45)37-18(9-20(42)43)27(49)40-21(14(4)41)28(50)38-17/h12-19,21,41H,5-11,30H2,1-4H3,(H2,31,44)(H,35,47)(H,36,46)(H,37,45)(H,38,50)(H,39,48)(H,40,49)(H,42,43)(H4,32,33,34)/t13-,14+,15+,16+,17+,18+,19+,21-/m0/s1. The van der Waals surface area contributed by atoms with Gasteiger partial charge in [0.15, 0.2) is 5.96 Å². The molecule has 0 aliphatic carbocycles. The van der Waals surface area contributed by atoms with E-state index in [2.05, 4.69) is 36.9 Å². The van der Waals surface area contributed by atoms with Crippen LogP contribution in [0.2, 0.25) is 0 Å². The maximum absolute atomic E-state index is 13.4. The Morgan fingerprint density at radius 2 is 1.35 bits per heavy atom. The number of aliphatic carboxylic acids is 1. The van der Waals surface area contributed by atoms with Crippen molar-refractivity contribution in [1.29, 1.82) is 0 Å². The van der Waals surface area contributed by atoms with Gasteiger partial charge in [-0.2, -0.15) is 0 Å². The van der Waals surface area contributed by atoms with E-state index in [1.54, 1.807) is 13.8 Å². The maximum atomic E-state index is 13.4. The lowest BCUT2D eigenvalue weighted by Crippen LogP contribution is -2.61. The van der Waals surface area contributed by atoms with E-state index < -0.39 is 102 Å². The van der Waals surface area contributed by atoms with Crippen LogP contribution in [-0.2, 0) is 38.4 Å². The number of aliphatic hydroxyl groups is 1. The van der Waals surface area contributed by atoms with E-state index in [1.165, 1.54) is 6.92 Å². The first kappa shape index (κ1) is 45.7. The van der Waals surface area contributed by atoms with Gasteiger partial charge in [0.05, 0.1) is 18.6 Å². The lowest BCUT2D eigenvalue weighted by atomic mass is 10.0. The molecule has 1 saturated heterocycles. The molecule has 1 aliphatic heterocycles. The van der Waals surface area contributed by atoms with E-state index in [0.29, 0.717) is 0 Å². The quantitative estimate of drug-likeness (QED) is 0.0428. The number of carbonyl (C=O) groups excluding carboxylic acids is 7. The van der Waals surface area contributed by atoms with Crippen LogP contribution in [0.15, 0.2) is 4.99 Å². The van der Waals surface area contributed by atoms with Gasteiger partial charge >= 0.3 is 5.97 Å². The summed E-state index contributed by atoms with van der Waals surface area (Å²) in [5.41, 5.74) is 22.3. The van der Waals surface area contributed by atoms with E-state index in [4.69, 9.17) is 22.9 Å². The fraction of sp³-hybridized carbons (Fsp3) is 0.690. The second-order valence-electron chi connectivity index (χ2n) is 12.5. The van der Waals surface area contributed by atoms with Gasteiger partial charge in [-0.05, 0) is 39.0 Å². The molecule has 0 radical (unpaired) electrons. The molecule has 0 bridgehead atoms. The van der Waals surface area contributed by atoms with Crippen LogP contribution in [0.4, 0.5) is 0 Å². The number of primary amides is 1. The Balaban J connectivity index is 3.52. The van der Waals surface area contributed by atoms with Crippen molar-refractivity contribution in [2.24, 2.45) is 33.8 Å². The first-order chi connectivity index (χ1) is 24.2. The fourth-order valence-electron chi connectivity index (χ4n) is 4.52. The molecule has 0 aromatic rings. The summed E-state index contributed by atoms with van der Waals surface area (Å²) in [5, 5.41) is 34.1. The van der Waals surface area contributed by atoms with Gasteiger partial charge in [-0.15, -0.1) is 0 Å². The van der Waals surface area contributed by atoms with Gasteiger partial charge in [-0.25, -0.2) is 0 Å². The Morgan fingerprint density at radius 1 is 0.788 bits per heavy atom. The molecule has 16 N–H and O–H groups in total. The molecule has 0 aromatic carbocycles. The number of hydrogen-bond acceptors (Lipinski definition) is 13. The summed E-state index contributed by atoms with van der Waals surface area (Å²) in [4.78, 5) is 107. The zero-order valence-corrected chi connectivity index (χ0v) is 31.0. The van der Waals surface area contributed by atoms with Gasteiger partial charge in [-0.1, -0.05) is 35.4 Å². The first-order valence-corrected chi connectivity index (χ1v) is 18.8. The van der Waals surface area contributed by atoms with E-state index >= 15 is 0 Å². The zero-order valence-electron chi connectivity index (χ0n) is 29.4. The highest BCUT2D eigenvalue weighted by atomic mass is 33.1. The van der Waals surface area contributed by atoms with Crippen LogP contribution in [0.5, 0.6) is 0 Å². The van der Waals surface area contributed by atoms with Crippen LogP contribution < -0.4 is 54.8 Å². The van der Waals surface area contributed by atoms with Crippen LogP contribution >= 0.6 is 21.6 Å². The number of carbonyl (C=O) groups is 8. The molecule has 0 spiro atoms. The Hall–Kier alpha value is -4.35. The molecule has 23 heteroatoms. The molecule has 0 saturated carbocycles. The number of aliphatic imine (C=N–C) groups is 1. The van der Waals surface area contributed by atoms with E-state index in [0.717, 1.165) is 28.5 Å². The predicted molar refractivity (Wildman–Crippen MR) is 193 cm³/mol. The SMILES string of the molecule is CC(C)C[C@H]1NC(=O)[C@H]([C@@H](C)O)NC(=O)[C@@H](CC(=O)O)NC(=O)[C@H](C)NC(=O)[C@@H](CCCN=C(N)N)NC(=O)[C@H](N)CSSC[C@H](C(N)=O)NC1=O. The molecule has 52 heavy (non-hydrogen) atoms.